The molecule has 5 nitrogen and oxygen atoms in total. The fourth-order valence-electron chi connectivity index (χ4n) is 2.49. The number of rotatable bonds is 2. The van der Waals surface area contributed by atoms with E-state index in [-0.39, 0.29) is 36.8 Å². The molecule has 1 N–H and O–H groups in total. The van der Waals surface area contributed by atoms with Crippen LogP contribution in [0.2, 0.25) is 0 Å². The van der Waals surface area contributed by atoms with Gasteiger partial charge in [0.1, 0.15) is 5.82 Å². The van der Waals surface area contributed by atoms with Gasteiger partial charge in [0.05, 0.1) is 6.04 Å². The Bertz CT molecular complexity index is 479. The summed E-state index contributed by atoms with van der Waals surface area (Å²) in [6.45, 7) is 3.25. The summed E-state index contributed by atoms with van der Waals surface area (Å²) in [5.41, 5.74) is 0. The lowest BCUT2D eigenvalue weighted by atomic mass is 10.2. The van der Waals surface area contributed by atoms with Crippen LogP contribution in [0.1, 0.15) is 0 Å². The number of nitrogens with one attached hydrogen (secondary N) is 1. The highest BCUT2D eigenvalue weighted by Crippen LogP contribution is 2.18. The second kappa shape index (κ2) is 9.17. The van der Waals surface area contributed by atoms with E-state index in [1.54, 1.807) is 11.8 Å². The third kappa shape index (κ3) is 4.64. The Morgan fingerprint density at radius 2 is 2.00 bits per heavy atom. The SMILES string of the molecule is Cl.Cl.O=C(C1CSCN1)N1CCN(c2ccc(Br)cn2)CC1. The number of nitrogens with zero attached hydrogens (tertiary/aromatic N) is 3. The van der Waals surface area contributed by atoms with Crippen LogP contribution < -0.4 is 10.2 Å². The minimum atomic E-state index is 0. The first kappa shape index (κ1) is 19.8. The van der Waals surface area contributed by atoms with Gasteiger partial charge in [0.25, 0.3) is 0 Å². The number of anilines is 1. The average Bonchev–Trinajstić information content (AvgIpc) is 3.02. The maximum Gasteiger partial charge on any atom is 0.240 e. The lowest BCUT2D eigenvalue weighted by molar-refractivity contribution is -0.132. The second-order valence-electron chi connectivity index (χ2n) is 4.92. The molecule has 1 atom stereocenters. The van der Waals surface area contributed by atoms with E-state index in [1.165, 1.54) is 0 Å². The molecule has 1 aromatic rings. The van der Waals surface area contributed by atoms with Crippen molar-refractivity contribution in [2.24, 2.45) is 0 Å². The number of carbonyl (C=O) groups excluding carboxylic acids is 1. The van der Waals surface area contributed by atoms with Crippen molar-refractivity contribution in [3.8, 4) is 0 Å². The van der Waals surface area contributed by atoms with E-state index in [9.17, 15) is 4.79 Å². The van der Waals surface area contributed by atoms with Gasteiger partial charge in [-0.1, -0.05) is 0 Å². The van der Waals surface area contributed by atoms with Crippen LogP contribution in [0.15, 0.2) is 22.8 Å². The molecule has 9 heteroatoms. The first-order valence-corrected chi connectivity index (χ1v) is 8.65. The summed E-state index contributed by atoms with van der Waals surface area (Å²) < 4.78 is 0.986. The number of thioether (sulfide) groups is 1. The van der Waals surface area contributed by atoms with Crippen LogP contribution >= 0.6 is 52.5 Å². The fourth-order valence-corrected chi connectivity index (χ4v) is 3.65. The molecule has 124 valence electrons. The van der Waals surface area contributed by atoms with Crippen molar-refractivity contribution in [2.75, 3.05) is 42.7 Å². The number of pyridine rings is 1. The predicted molar refractivity (Wildman–Crippen MR) is 99.5 cm³/mol. The summed E-state index contributed by atoms with van der Waals surface area (Å²) in [5.74, 6) is 3.01. The molecule has 0 saturated carbocycles. The minimum Gasteiger partial charge on any atom is -0.353 e. The van der Waals surface area contributed by atoms with E-state index in [4.69, 9.17) is 0 Å². The topological polar surface area (TPSA) is 48.5 Å². The summed E-state index contributed by atoms with van der Waals surface area (Å²) in [4.78, 5) is 20.9. The molecular formula is C13H19BrCl2N4OS. The Hall–Kier alpha value is -0.210. The zero-order chi connectivity index (χ0) is 13.9. The van der Waals surface area contributed by atoms with Crippen molar-refractivity contribution in [3.05, 3.63) is 22.8 Å². The molecule has 3 rings (SSSR count). The quantitative estimate of drug-likeness (QED) is 0.778. The van der Waals surface area contributed by atoms with Crippen molar-refractivity contribution in [1.29, 1.82) is 0 Å². The molecule has 2 aliphatic heterocycles. The normalized spacial score (nSPS) is 21.0. The van der Waals surface area contributed by atoms with Crippen molar-refractivity contribution in [2.45, 2.75) is 6.04 Å². The van der Waals surface area contributed by atoms with Gasteiger partial charge in [-0.25, -0.2) is 4.98 Å². The number of aromatic nitrogens is 1. The Morgan fingerprint density at radius 1 is 1.27 bits per heavy atom. The molecule has 0 spiro atoms. The van der Waals surface area contributed by atoms with Gasteiger partial charge in [0, 0.05) is 48.5 Å². The van der Waals surface area contributed by atoms with Crippen LogP contribution in [0, 0.1) is 0 Å². The molecular weight excluding hydrogens is 411 g/mol. The first-order chi connectivity index (χ1) is 9.74. The Labute approximate surface area is 155 Å². The van der Waals surface area contributed by atoms with Crippen LogP contribution in [0.5, 0.6) is 0 Å². The molecule has 0 radical (unpaired) electrons. The standard InChI is InChI=1S/C13H17BrN4OS.2ClH/c14-10-1-2-12(15-7-10)17-3-5-18(6-4-17)13(19)11-8-20-9-16-11;;/h1-2,7,11,16H,3-6,8-9H2;2*1H. The number of piperazine rings is 1. The Kier molecular flexibility index (Phi) is 8.27. The molecule has 22 heavy (non-hydrogen) atoms. The lowest BCUT2D eigenvalue weighted by Crippen LogP contribution is -2.53. The highest BCUT2D eigenvalue weighted by atomic mass is 79.9. The van der Waals surface area contributed by atoms with Crippen LogP contribution in [0.25, 0.3) is 0 Å². The van der Waals surface area contributed by atoms with Gasteiger partial charge in [-0.3, -0.25) is 10.1 Å². The summed E-state index contributed by atoms with van der Waals surface area (Å²) in [5, 5.41) is 3.24. The number of carbonyl (C=O) groups is 1. The second-order valence-corrected chi connectivity index (χ2v) is 6.86. The summed E-state index contributed by atoms with van der Waals surface area (Å²) >= 11 is 5.18. The minimum absolute atomic E-state index is 0. The van der Waals surface area contributed by atoms with Crippen LogP contribution in [0.4, 0.5) is 5.82 Å². The van der Waals surface area contributed by atoms with Gasteiger partial charge >= 0.3 is 0 Å². The van der Waals surface area contributed by atoms with E-state index in [0.717, 1.165) is 48.1 Å². The molecule has 3 heterocycles. The third-order valence-electron chi connectivity index (χ3n) is 3.64. The van der Waals surface area contributed by atoms with Crippen LogP contribution in [0.3, 0.4) is 0 Å². The molecule has 1 aromatic heterocycles. The van der Waals surface area contributed by atoms with Gasteiger partial charge in [0.15, 0.2) is 0 Å². The van der Waals surface area contributed by atoms with Crippen molar-refractivity contribution >= 4 is 64.2 Å². The molecule has 1 unspecified atom stereocenters. The van der Waals surface area contributed by atoms with Gasteiger partial charge in [-0.05, 0) is 28.1 Å². The van der Waals surface area contributed by atoms with Gasteiger partial charge in [-0.2, -0.15) is 0 Å². The summed E-state index contributed by atoms with van der Waals surface area (Å²) in [6, 6.07) is 4.02. The first-order valence-electron chi connectivity index (χ1n) is 6.70. The molecule has 0 bridgehead atoms. The summed E-state index contributed by atoms with van der Waals surface area (Å²) in [6.07, 6.45) is 1.81. The molecule has 0 aliphatic carbocycles. The number of amides is 1. The maximum atomic E-state index is 12.3. The van der Waals surface area contributed by atoms with Crippen LogP contribution in [-0.4, -0.2) is 59.6 Å². The molecule has 0 aromatic carbocycles. The molecule has 2 saturated heterocycles. The third-order valence-corrected chi connectivity index (χ3v) is 5.05. The van der Waals surface area contributed by atoms with Crippen molar-refractivity contribution < 1.29 is 4.79 Å². The number of hydrogen-bond donors (Lipinski definition) is 1. The Balaban J connectivity index is 0.00000121. The highest BCUT2D eigenvalue weighted by Gasteiger charge is 2.29. The maximum absolute atomic E-state index is 12.3. The van der Waals surface area contributed by atoms with Gasteiger partial charge in [0.2, 0.25) is 5.91 Å². The van der Waals surface area contributed by atoms with Crippen molar-refractivity contribution in [1.82, 2.24) is 15.2 Å². The van der Waals surface area contributed by atoms with E-state index in [1.807, 2.05) is 23.2 Å². The smallest absolute Gasteiger partial charge is 0.240 e. The monoisotopic (exact) mass is 428 g/mol. The fraction of sp³-hybridized carbons (Fsp3) is 0.538. The zero-order valence-electron chi connectivity index (χ0n) is 11.9. The van der Waals surface area contributed by atoms with E-state index in [0.29, 0.717) is 0 Å². The Morgan fingerprint density at radius 3 is 2.55 bits per heavy atom. The zero-order valence-corrected chi connectivity index (χ0v) is 15.9. The molecule has 2 aliphatic rings. The molecule has 1 amide bonds. The van der Waals surface area contributed by atoms with E-state index >= 15 is 0 Å². The number of halogens is 3. The average molecular weight is 430 g/mol. The van der Waals surface area contributed by atoms with Gasteiger partial charge in [-0.15, -0.1) is 36.6 Å². The largest absolute Gasteiger partial charge is 0.353 e. The summed E-state index contributed by atoms with van der Waals surface area (Å²) in [7, 11) is 0. The van der Waals surface area contributed by atoms with E-state index in [2.05, 4.69) is 31.1 Å². The molecule has 2 fully saturated rings. The van der Waals surface area contributed by atoms with Crippen LogP contribution in [-0.2, 0) is 4.79 Å². The predicted octanol–water partition coefficient (Wildman–Crippen LogP) is 2.00. The lowest BCUT2D eigenvalue weighted by Gasteiger charge is -2.36. The van der Waals surface area contributed by atoms with E-state index < -0.39 is 0 Å². The number of hydrogen-bond acceptors (Lipinski definition) is 5. The highest BCUT2D eigenvalue weighted by molar-refractivity contribution is 9.10. The van der Waals surface area contributed by atoms with Crippen molar-refractivity contribution in [3.63, 3.8) is 0 Å². The van der Waals surface area contributed by atoms with Gasteiger partial charge < -0.3 is 9.80 Å².